The van der Waals surface area contributed by atoms with Crippen LogP contribution in [-0.2, 0) is 22.4 Å². The first-order chi connectivity index (χ1) is 14.8. The second-order valence-corrected chi connectivity index (χ2v) is 8.03. The Morgan fingerprint density at radius 2 is 1.61 bits per heavy atom. The molecule has 0 aliphatic carbocycles. The minimum absolute atomic E-state index is 0.0619. The lowest BCUT2D eigenvalue weighted by Gasteiger charge is -2.20. The minimum atomic E-state index is -0.554. The van der Waals surface area contributed by atoms with E-state index in [0.29, 0.717) is 37.3 Å². The molecule has 2 aromatic carbocycles. The van der Waals surface area contributed by atoms with Crippen LogP contribution in [0, 0.1) is 5.82 Å². The van der Waals surface area contributed by atoms with Crippen LogP contribution in [0.4, 0.5) is 4.39 Å². The number of ether oxygens (including phenoxy) is 3. The van der Waals surface area contributed by atoms with Gasteiger partial charge in [0.25, 0.3) is 0 Å². The fourth-order valence-corrected chi connectivity index (χ4v) is 3.20. The SMILES string of the molecule is COc1cc(CCNC(=O)[C@@H](CCc2ccc(F)cc2)OC(C)C)ccc1OC(C)C. The number of carbonyl (C=O) groups excluding carboxylic acids is 1. The topological polar surface area (TPSA) is 56.8 Å². The molecule has 2 aromatic rings. The molecule has 6 heteroatoms. The lowest BCUT2D eigenvalue weighted by atomic mass is 10.1. The van der Waals surface area contributed by atoms with Crippen LogP contribution in [0.15, 0.2) is 42.5 Å². The van der Waals surface area contributed by atoms with Crippen molar-refractivity contribution in [3.8, 4) is 11.5 Å². The summed E-state index contributed by atoms with van der Waals surface area (Å²) in [5.74, 6) is 0.980. The van der Waals surface area contributed by atoms with Crippen LogP contribution in [0.1, 0.15) is 45.2 Å². The van der Waals surface area contributed by atoms with Crippen LogP contribution < -0.4 is 14.8 Å². The highest BCUT2D eigenvalue weighted by molar-refractivity contribution is 5.80. The third-order valence-electron chi connectivity index (χ3n) is 4.64. The molecule has 0 aliphatic heterocycles. The fraction of sp³-hybridized carbons (Fsp3) is 0.480. The van der Waals surface area contributed by atoms with E-state index in [9.17, 15) is 9.18 Å². The van der Waals surface area contributed by atoms with Gasteiger partial charge in [0.1, 0.15) is 11.9 Å². The summed E-state index contributed by atoms with van der Waals surface area (Å²) >= 11 is 0. The van der Waals surface area contributed by atoms with Gasteiger partial charge in [0, 0.05) is 6.54 Å². The van der Waals surface area contributed by atoms with Crippen molar-refractivity contribution in [1.29, 1.82) is 0 Å². The number of aryl methyl sites for hydroxylation is 1. The maximum atomic E-state index is 13.1. The maximum absolute atomic E-state index is 13.1. The van der Waals surface area contributed by atoms with E-state index in [4.69, 9.17) is 14.2 Å². The highest BCUT2D eigenvalue weighted by atomic mass is 19.1. The van der Waals surface area contributed by atoms with Crippen LogP contribution in [0.5, 0.6) is 11.5 Å². The molecule has 170 valence electrons. The van der Waals surface area contributed by atoms with Gasteiger partial charge in [0.05, 0.1) is 19.3 Å². The molecule has 0 radical (unpaired) electrons. The molecule has 0 fully saturated rings. The number of methoxy groups -OCH3 is 1. The van der Waals surface area contributed by atoms with E-state index in [2.05, 4.69) is 5.32 Å². The Kier molecular flexibility index (Phi) is 9.79. The van der Waals surface area contributed by atoms with E-state index in [1.807, 2.05) is 45.9 Å². The Morgan fingerprint density at radius 3 is 2.23 bits per heavy atom. The summed E-state index contributed by atoms with van der Waals surface area (Å²) in [7, 11) is 1.61. The monoisotopic (exact) mass is 431 g/mol. The van der Waals surface area contributed by atoms with Crippen molar-refractivity contribution >= 4 is 5.91 Å². The second kappa shape index (κ2) is 12.3. The third-order valence-corrected chi connectivity index (χ3v) is 4.64. The predicted molar refractivity (Wildman–Crippen MR) is 120 cm³/mol. The Balaban J connectivity index is 1.90. The second-order valence-electron chi connectivity index (χ2n) is 8.03. The smallest absolute Gasteiger partial charge is 0.249 e. The summed E-state index contributed by atoms with van der Waals surface area (Å²) in [5.41, 5.74) is 2.02. The molecule has 0 bridgehead atoms. The molecule has 1 N–H and O–H groups in total. The Bertz CT molecular complexity index is 821. The van der Waals surface area contributed by atoms with Gasteiger partial charge in [0.15, 0.2) is 11.5 Å². The first-order valence-electron chi connectivity index (χ1n) is 10.8. The van der Waals surface area contributed by atoms with Gasteiger partial charge in [-0.3, -0.25) is 4.79 Å². The molecule has 0 unspecified atom stereocenters. The molecule has 0 saturated heterocycles. The molecule has 0 heterocycles. The van der Waals surface area contributed by atoms with Crippen molar-refractivity contribution in [1.82, 2.24) is 5.32 Å². The standard InChI is InChI=1S/C25H34FNO4/c1-17(2)30-22-12-9-20(16-24(22)29-5)14-15-27-25(28)23(31-18(3)4)13-8-19-6-10-21(26)11-7-19/h6-7,9-12,16-18,23H,8,13-15H2,1-5H3,(H,27,28)/t23-/m1/s1. The van der Waals surface area contributed by atoms with E-state index in [0.717, 1.165) is 11.1 Å². The predicted octanol–water partition coefficient (Wildman–Crippen LogP) is 4.71. The van der Waals surface area contributed by atoms with Crippen LogP contribution >= 0.6 is 0 Å². The molecule has 0 spiro atoms. The Labute approximate surface area is 184 Å². The lowest BCUT2D eigenvalue weighted by Crippen LogP contribution is -2.39. The highest BCUT2D eigenvalue weighted by Gasteiger charge is 2.20. The third kappa shape index (κ3) is 8.58. The van der Waals surface area contributed by atoms with Crippen LogP contribution in [0.2, 0.25) is 0 Å². The summed E-state index contributed by atoms with van der Waals surface area (Å²) < 4.78 is 30.1. The molecule has 0 aromatic heterocycles. The van der Waals surface area contributed by atoms with Gasteiger partial charge < -0.3 is 19.5 Å². The number of amides is 1. The normalized spacial score (nSPS) is 12.1. The van der Waals surface area contributed by atoms with Gasteiger partial charge in [0.2, 0.25) is 5.91 Å². The molecule has 2 rings (SSSR count). The van der Waals surface area contributed by atoms with Crippen molar-refractivity contribution in [2.24, 2.45) is 0 Å². The van der Waals surface area contributed by atoms with Crippen molar-refractivity contribution in [2.45, 2.75) is 65.3 Å². The molecular formula is C25H34FNO4. The van der Waals surface area contributed by atoms with Gasteiger partial charge in [-0.2, -0.15) is 0 Å². The molecule has 0 aliphatic rings. The number of hydrogen-bond acceptors (Lipinski definition) is 4. The fourth-order valence-electron chi connectivity index (χ4n) is 3.20. The van der Waals surface area contributed by atoms with E-state index in [1.165, 1.54) is 12.1 Å². The summed E-state index contributed by atoms with van der Waals surface area (Å²) in [5, 5.41) is 2.97. The van der Waals surface area contributed by atoms with Crippen molar-refractivity contribution in [3.05, 3.63) is 59.4 Å². The number of halogens is 1. The quantitative estimate of drug-likeness (QED) is 0.529. The zero-order chi connectivity index (χ0) is 22.8. The maximum Gasteiger partial charge on any atom is 0.249 e. The summed E-state index contributed by atoms with van der Waals surface area (Å²) in [4.78, 5) is 12.7. The molecule has 1 amide bonds. The zero-order valence-electron chi connectivity index (χ0n) is 19.1. The average molecular weight is 432 g/mol. The Morgan fingerprint density at radius 1 is 0.935 bits per heavy atom. The molecule has 31 heavy (non-hydrogen) atoms. The van der Waals surface area contributed by atoms with Crippen molar-refractivity contribution in [2.75, 3.05) is 13.7 Å². The summed E-state index contributed by atoms with van der Waals surface area (Å²) in [6, 6.07) is 12.1. The summed E-state index contributed by atoms with van der Waals surface area (Å²) in [6.45, 7) is 8.24. The molecule has 0 saturated carbocycles. The van der Waals surface area contributed by atoms with E-state index < -0.39 is 6.10 Å². The molecule has 1 atom stereocenters. The first-order valence-corrected chi connectivity index (χ1v) is 10.8. The van der Waals surface area contributed by atoms with E-state index in [-0.39, 0.29) is 23.9 Å². The van der Waals surface area contributed by atoms with Gasteiger partial charge in [-0.15, -0.1) is 0 Å². The Hall–Kier alpha value is -2.60. The van der Waals surface area contributed by atoms with Crippen LogP contribution in [0.25, 0.3) is 0 Å². The highest BCUT2D eigenvalue weighted by Crippen LogP contribution is 2.29. The van der Waals surface area contributed by atoms with Gasteiger partial charge in [-0.1, -0.05) is 18.2 Å². The van der Waals surface area contributed by atoms with Gasteiger partial charge >= 0.3 is 0 Å². The van der Waals surface area contributed by atoms with Crippen LogP contribution in [0.3, 0.4) is 0 Å². The van der Waals surface area contributed by atoms with Gasteiger partial charge in [-0.25, -0.2) is 4.39 Å². The molecule has 5 nitrogen and oxygen atoms in total. The van der Waals surface area contributed by atoms with Crippen molar-refractivity contribution < 1.29 is 23.4 Å². The summed E-state index contributed by atoms with van der Waals surface area (Å²) in [6.07, 6.45) is 1.27. The average Bonchev–Trinajstić information content (AvgIpc) is 2.72. The van der Waals surface area contributed by atoms with Crippen molar-refractivity contribution in [3.63, 3.8) is 0 Å². The largest absolute Gasteiger partial charge is 0.493 e. The number of hydrogen-bond donors (Lipinski definition) is 1. The number of nitrogens with one attached hydrogen (secondary N) is 1. The lowest BCUT2D eigenvalue weighted by molar-refractivity contribution is -0.136. The first kappa shape index (κ1) is 24.7. The number of benzene rings is 2. The molecular weight excluding hydrogens is 397 g/mol. The minimum Gasteiger partial charge on any atom is -0.493 e. The number of carbonyl (C=O) groups is 1. The van der Waals surface area contributed by atoms with E-state index >= 15 is 0 Å². The van der Waals surface area contributed by atoms with E-state index in [1.54, 1.807) is 19.2 Å². The number of rotatable bonds is 12. The van der Waals surface area contributed by atoms with Crippen LogP contribution in [-0.4, -0.2) is 37.9 Å². The zero-order valence-corrected chi connectivity index (χ0v) is 19.1. The van der Waals surface area contributed by atoms with Gasteiger partial charge in [-0.05, 0) is 82.3 Å².